The Kier molecular flexibility index (Phi) is 4.84. The molecular formula is C26H21N3O2. The Morgan fingerprint density at radius 3 is 1.94 bits per heavy atom. The van der Waals surface area contributed by atoms with E-state index in [1.54, 1.807) is 18.7 Å². The second-order valence-electron chi connectivity index (χ2n) is 7.10. The van der Waals surface area contributed by atoms with E-state index in [0.717, 1.165) is 44.9 Å². The lowest BCUT2D eigenvalue weighted by molar-refractivity contribution is 0.387. The Morgan fingerprint density at radius 1 is 0.677 bits per heavy atom. The Labute approximate surface area is 180 Å². The Hall–Kier alpha value is -4.12. The molecule has 0 atom stereocenters. The summed E-state index contributed by atoms with van der Waals surface area (Å²) in [6.07, 6.45) is 1.85. The summed E-state index contributed by atoms with van der Waals surface area (Å²) in [4.78, 5) is 4.82. The van der Waals surface area contributed by atoms with Gasteiger partial charge in [-0.15, -0.1) is 0 Å². The summed E-state index contributed by atoms with van der Waals surface area (Å²) in [6, 6.07) is 28.2. The van der Waals surface area contributed by atoms with Crippen LogP contribution in [0.25, 0.3) is 39.2 Å². The fourth-order valence-corrected chi connectivity index (χ4v) is 3.80. The Morgan fingerprint density at radius 2 is 1.32 bits per heavy atom. The molecule has 0 radical (unpaired) electrons. The van der Waals surface area contributed by atoms with E-state index in [4.69, 9.17) is 19.6 Å². The molecule has 0 saturated carbocycles. The molecule has 5 rings (SSSR count). The van der Waals surface area contributed by atoms with Crippen LogP contribution in [0.4, 0.5) is 0 Å². The van der Waals surface area contributed by atoms with E-state index < -0.39 is 0 Å². The number of methoxy groups -OCH3 is 2. The number of hydrogen-bond acceptors (Lipinski definition) is 4. The maximum Gasteiger partial charge on any atom is 0.225 e. The molecule has 0 aliphatic carbocycles. The highest BCUT2D eigenvalue weighted by molar-refractivity contribution is 5.91. The molecule has 31 heavy (non-hydrogen) atoms. The number of rotatable bonds is 5. The van der Waals surface area contributed by atoms with Crippen molar-refractivity contribution in [3.05, 3.63) is 91.1 Å². The quantitative estimate of drug-likeness (QED) is 0.372. The summed E-state index contributed by atoms with van der Waals surface area (Å²) in [5, 5.41) is 4.95. The normalized spacial score (nSPS) is 10.9. The van der Waals surface area contributed by atoms with E-state index in [1.807, 2.05) is 66.9 Å². The molecule has 0 unspecified atom stereocenters. The average Bonchev–Trinajstić information content (AvgIpc) is 3.24. The van der Waals surface area contributed by atoms with Gasteiger partial charge >= 0.3 is 0 Å². The number of nitrogens with zero attached hydrogens (tertiary/aromatic N) is 3. The molecule has 0 N–H and O–H groups in total. The van der Waals surface area contributed by atoms with Crippen molar-refractivity contribution in [2.75, 3.05) is 14.2 Å². The molecule has 152 valence electrons. The first-order valence-corrected chi connectivity index (χ1v) is 10.0. The van der Waals surface area contributed by atoms with Gasteiger partial charge in [0.05, 0.1) is 25.3 Å². The van der Waals surface area contributed by atoms with Crippen molar-refractivity contribution < 1.29 is 9.47 Å². The lowest BCUT2D eigenvalue weighted by Gasteiger charge is -2.10. The largest absolute Gasteiger partial charge is 0.497 e. The maximum atomic E-state index is 5.84. The molecule has 0 amide bonds. The van der Waals surface area contributed by atoms with Crippen molar-refractivity contribution in [3.63, 3.8) is 0 Å². The van der Waals surface area contributed by atoms with Crippen molar-refractivity contribution in [3.8, 4) is 45.1 Å². The monoisotopic (exact) mass is 407 g/mol. The van der Waals surface area contributed by atoms with Gasteiger partial charge in [-0.2, -0.15) is 9.61 Å². The van der Waals surface area contributed by atoms with Crippen LogP contribution in [0.2, 0.25) is 0 Å². The molecule has 0 aliphatic rings. The third kappa shape index (κ3) is 3.30. The lowest BCUT2D eigenvalue weighted by atomic mass is 10.0. The van der Waals surface area contributed by atoms with E-state index in [2.05, 4.69) is 24.3 Å². The second kappa shape index (κ2) is 7.95. The highest BCUT2D eigenvalue weighted by atomic mass is 16.5. The summed E-state index contributed by atoms with van der Waals surface area (Å²) in [6.45, 7) is 0. The van der Waals surface area contributed by atoms with E-state index in [9.17, 15) is 0 Å². The van der Waals surface area contributed by atoms with Crippen LogP contribution in [-0.2, 0) is 0 Å². The molecule has 0 aliphatic heterocycles. The minimum Gasteiger partial charge on any atom is -0.497 e. The second-order valence-corrected chi connectivity index (χ2v) is 7.10. The van der Waals surface area contributed by atoms with Crippen molar-refractivity contribution in [1.82, 2.24) is 14.6 Å². The standard InChI is InChI=1S/C26H21N3O2/c1-30-21-15-13-18(14-16-21)22-17-27-25-23(19-9-5-3-6-10-19)24(20-11-7-4-8-12-20)28-29(25)26(22)31-2/h3-17H,1-2H3. The first-order chi connectivity index (χ1) is 15.3. The van der Waals surface area contributed by atoms with Gasteiger partial charge in [-0.3, -0.25) is 0 Å². The third-order valence-corrected chi connectivity index (χ3v) is 5.30. The Bertz CT molecular complexity index is 1330. The molecule has 5 nitrogen and oxygen atoms in total. The predicted octanol–water partition coefficient (Wildman–Crippen LogP) is 5.75. The van der Waals surface area contributed by atoms with E-state index in [-0.39, 0.29) is 0 Å². The summed E-state index contributed by atoms with van der Waals surface area (Å²) in [7, 11) is 3.32. The number of ether oxygens (including phenoxy) is 2. The number of benzene rings is 3. The minimum atomic E-state index is 0.634. The topological polar surface area (TPSA) is 48.7 Å². The van der Waals surface area contributed by atoms with Crippen LogP contribution in [0.5, 0.6) is 11.6 Å². The average molecular weight is 407 g/mol. The van der Waals surface area contributed by atoms with Gasteiger partial charge in [0, 0.05) is 11.8 Å². The maximum absolute atomic E-state index is 5.84. The summed E-state index contributed by atoms with van der Waals surface area (Å²) in [5.74, 6) is 1.43. The SMILES string of the molecule is COc1ccc(-c2cnc3c(-c4ccccc4)c(-c4ccccc4)nn3c2OC)cc1. The molecule has 3 aromatic carbocycles. The van der Waals surface area contributed by atoms with Gasteiger partial charge in [0.1, 0.15) is 11.4 Å². The minimum absolute atomic E-state index is 0.634. The first kappa shape index (κ1) is 18.9. The molecule has 5 aromatic rings. The smallest absolute Gasteiger partial charge is 0.225 e. The highest BCUT2D eigenvalue weighted by Crippen LogP contribution is 2.38. The van der Waals surface area contributed by atoms with Crippen molar-refractivity contribution in [1.29, 1.82) is 0 Å². The van der Waals surface area contributed by atoms with Crippen molar-refractivity contribution >= 4 is 5.65 Å². The van der Waals surface area contributed by atoms with Gasteiger partial charge in [-0.1, -0.05) is 72.8 Å². The lowest BCUT2D eigenvalue weighted by Crippen LogP contribution is -2.00. The van der Waals surface area contributed by atoms with Crippen LogP contribution in [0.3, 0.4) is 0 Å². The first-order valence-electron chi connectivity index (χ1n) is 10.0. The van der Waals surface area contributed by atoms with Crippen molar-refractivity contribution in [2.45, 2.75) is 0 Å². The van der Waals surface area contributed by atoms with E-state index >= 15 is 0 Å². The van der Waals surface area contributed by atoms with Crippen LogP contribution < -0.4 is 9.47 Å². The van der Waals surface area contributed by atoms with Crippen LogP contribution in [-0.4, -0.2) is 28.8 Å². The molecule has 0 spiro atoms. The molecule has 2 aromatic heterocycles. The zero-order valence-electron chi connectivity index (χ0n) is 17.3. The number of hydrogen-bond donors (Lipinski definition) is 0. The van der Waals surface area contributed by atoms with Gasteiger partial charge in [0.25, 0.3) is 0 Å². The third-order valence-electron chi connectivity index (χ3n) is 5.30. The molecule has 0 fully saturated rings. The van der Waals surface area contributed by atoms with Crippen LogP contribution in [0, 0.1) is 0 Å². The molecule has 2 heterocycles. The molecule has 0 bridgehead atoms. The summed E-state index contributed by atoms with van der Waals surface area (Å²) in [5.41, 5.74) is 6.52. The zero-order valence-corrected chi connectivity index (χ0v) is 17.3. The Balaban J connectivity index is 1.79. The van der Waals surface area contributed by atoms with Crippen LogP contribution in [0.15, 0.2) is 91.1 Å². The zero-order chi connectivity index (χ0) is 21.2. The fraction of sp³-hybridized carbons (Fsp3) is 0.0769. The van der Waals surface area contributed by atoms with Crippen LogP contribution in [0.1, 0.15) is 0 Å². The van der Waals surface area contributed by atoms with Gasteiger partial charge in [-0.25, -0.2) is 4.98 Å². The number of fused-ring (bicyclic) bond motifs is 1. The van der Waals surface area contributed by atoms with Gasteiger partial charge < -0.3 is 9.47 Å². The van der Waals surface area contributed by atoms with Crippen LogP contribution >= 0.6 is 0 Å². The predicted molar refractivity (Wildman–Crippen MR) is 122 cm³/mol. The highest BCUT2D eigenvalue weighted by Gasteiger charge is 2.21. The summed E-state index contributed by atoms with van der Waals surface area (Å²) >= 11 is 0. The van der Waals surface area contributed by atoms with E-state index in [0.29, 0.717) is 5.88 Å². The molecule has 0 saturated heterocycles. The van der Waals surface area contributed by atoms with Gasteiger partial charge in [0.2, 0.25) is 5.88 Å². The van der Waals surface area contributed by atoms with Gasteiger partial charge in [0.15, 0.2) is 5.65 Å². The van der Waals surface area contributed by atoms with Gasteiger partial charge in [-0.05, 0) is 23.3 Å². The fourth-order valence-electron chi connectivity index (χ4n) is 3.80. The molecule has 5 heteroatoms. The molecular weight excluding hydrogens is 386 g/mol. The van der Waals surface area contributed by atoms with E-state index in [1.165, 1.54) is 0 Å². The number of aromatic nitrogens is 3. The van der Waals surface area contributed by atoms with Crippen molar-refractivity contribution in [2.24, 2.45) is 0 Å². The summed E-state index contributed by atoms with van der Waals surface area (Å²) < 4.78 is 12.9.